The van der Waals surface area contributed by atoms with Gasteiger partial charge in [0.1, 0.15) is 12.4 Å². The van der Waals surface area contributed by atoms with Gasteiger partial charge in [-0.15, -0.1) is 0 Å². The number of benzene rings is 2. The number of carbonyl (C=O) groups is 1. The van der Waals surface area contributed by atoms with E-state index in [0.29, 0.717) is 34.8 Å². The third-order valence-corrected chi connectivity index (χ3v) is 5.60. The molecule has 1 saturated heterocycles. The topological polar surface area (TPSA) is 50.8 Å². The molecule has 0 aliphatic carbocycles. The van der Waals surface area contributed by atoms with Crippen LogP contribution in [-0.4, -0.2) is 50.3 Å². The van der Waals surface area contributed by atoms with Crippen molar-refractivity contribution in [2.45, 2.75) is 25.4 Å². The molecule has 2 aromatic rings. The normalized spacial score (nSPS) is 14.8. The highest BCUT2D eigenvalue weighted by Crippen LogP contribution is 2.21. The molecule has 7 heteroatoms. The summed E-state index contributed by atoms with van der Waals surface area (Å²) in [7, 11) is 2.13. The van der Waals surface area contributed by atoms with Gasteiger partial charge in [-0.3, -0.25) is 9.69 Å². The lowest BCUT2D eigenvalue weighted by Crippen LogP contribution is -2.38. The molecule has 0 saturated carbocycles. The largest absolute Gasteiger partial charge is 0.492 e. The monoisotopic (exact) mass is 436 g/mol. The fraction of sp³-hybridized carbons (Fsp3) is 0.409. The van der Waals surface area contributed by atoms with E-state index < -0.39 is 0 Å². The van der Waals surface area contributed by atoms with Gasteiger partial charge >= 0.3 is 0 Å². The molecule has 0 spiro atoms. The van der Waals surface area contributed by atoms with Crippen LogP contribution >= 0.6 is 23.2 Å². The second-order valence-electron chi connectivity index (χ2n) is 7.13. The molecule has 1 heterocycles. The van der Waals surface area contributed by atoms with E-state index >= 15 is 0 Å². The maximum atomic E-state index is 12.3. The van der Waals surface area contributed by atoms with Crippen molar-refractivity contribution in [1.29, 1.82) is 0 Å². The van der Waals surface area contributed by atoms with Crippen LogP contribution in [0.15, 0.2) is 42.5 Å². The van der Waals surface area contributed by atoms with Gasteiger partial charge in [0.2, 0.25) is 0 Å². The summed E-state index contributed by atoms with van der Waals surface area (Å²) in [5.74, 6) is 0.553. The van der Waals surface area contributed by atoms with Gasteiger partial charge in [-0.05, 0) is 55.8 Å². The minimum Gasteiger partial charge on any atom is -0.492 e. The minimum atomic E-state index is -0.240. The summed E-state index contributed by atoms with van der Waals surface area (Å²) >= 11 is 12.0. The molecule has 29 heavy (non-hydrogen) atoms. The van der Waals surface area contributed by atoms with Crippen molar-refractivity contribution in [1.82, 2.24) is 10.2 Å². The first-order valence-corrected chi connectivity index (χ1v) is 10.5. The lowest BCUT2D eigenvalue weighted by Gasteiger charge is -2.31. The van der Waals surface area contributed by atoms with Crippen LogP contribution in [-0.2, 0) is 11.3 Å². The molecule has 0 aromatic heterocycles. The first kappa shape index (κ1) is 21.9. The van der Waals surface area contributed by atoms with Gasteiger partial charge in [0, 0.05) is 37.4 Å². The Morgan fingerprint density at radius 1 is 1.21 bits per heavy atom. The molecule has 0 unspecified atom stereocenters. The van der Waals surface area contributed by atoms with Crippen molar-refractivity contribution < 1.29 is 14.3 Å². The highest BCUT2D eigenvalue weighted by molar-refractivity contribution is 6.36. The highest BCUT2D eigenvalue weighted by Gasteiger charge is 2.18. The third-order valence-electron chi connectivity index (χ3n) is 5.05. The molecule has 2 aromatic carbocycles. The number of nitrogens with one attached hydrogen (secondary N) is 1. The molecule has 3 rings (SSSR count). The van der Waals surface area contributed by atoms with Gasteiger partial charge in [-0.2, -0.15) is 0 Å². The summed E-state index contributed by atoms with van der Waals surface area (Å²) in [4.78, 5) is 14.7. The Kier molecular flexibility index (Phi) is 8.19. The average molecular weight is 437 g/mol. The molecule has 0 atom stereocenters. The molecule has 0 radical (unpaired) electrons. The Morgan fingerprint density at radius 2 is 2.00 bits per heavy atom. The summed E-state index contributed by atoms with van der Waals surface area (Å²) in [5.41, 5.74) is 1.36. The average Bonchev–Trinajstić information content (AvgIpc) is 2.73. The summed E-state index contributed by atoms with van der Waals surface area (Å²) in [6, 6.07) is 13.1. The van der Waals surface area contributed by atoms with E-state index in [1.165, 1.54) is 0 Å². The minimum absolute atomic E-state index is 0.240. The molecular formula is C22H26Cl2N2O3. The molecule has 1 aliphatic heterocycles. The van der Waals surface area contributed by atoms with E-state index in [1.54, 1.807) is 18.2 Å². The van der Waals surface area contributed by atoms with Crippen LogP contribution in [0.4, 0.5) is 0 Å². The quantitative estimate of drug-likeness (QED) is 0.665. The Labute approximate surface area is 181 Å². The lowest BCUT2D eigenvalue weighted by molar-refractivity contribution is 0.0392. The molecular weight excluding hydrogens is 411 g/mol. The molecule has 1 N–H and O–H groups in total. The van der Waals surface area contributed by atoms with Gasteiger partial charge in [-0.1, -0.05) is 35.3 Å². The Bertz CT molecular complexity index is 825. The number of hydrogen-bond donors (Lipinski definition) is 1. The zero-order valence-electron chi connectivity index (χ0n) is 16.5. The second-order valence-corrected chi connectivity index (χ2v) is 7.97. The van der Waals surface area contributed by atoms with Crippen LogP contribution < -0.4 is 10.1 Å². The fourth-order valence-electron chi connectivity index (χ4n) is 3.31. The molecule has 0 bridgehead atoms. The zero-order valence-corrected chi connectivity index (χ0v) is 18.0. The van der Waals surface area contributed by atoms with Gasteiger partial charge in [-0.25, -0.2) is 0 Å². The standard InChI is InChI=1S/C22H26Cl2N2O3/c1-26(18-7-10-28-11-8-18)9-12-29-19-4-2-3-16(13-19)15-25-22(27)20-6-5-17(23)14-21(20)24/h2-6,13-14,18H,7-12,15H2,1H3,(H,25,27). The van der Waals surface area contributed by atoms with Crippen molar-refractivity contribution in [3.8, 4) is 5.75 Å². The van der Waals surface area contributed by atoms with E-state index in [2.05, 4.69) is 17.3 Å². The van der Waals surface area contributed by atoms with E-state index in [4.69, 9.17) is 32.7 Å². The van der Waals surface area contributed by atoms with Gasteiger partial charge < -0.3 is 14.8 Å². The van der Waals surface area contributed by atoms with Gasteiger partial charge in [0.25, 0.3) is 5.91 Å². The lowest BCUT2D eigenvalue weighted by atomic mass is 10.1. The van der Waals surface area contributed by atoms with Crippen molar-refractivity contribution in [2.24, 2.45) is 0 Å². The SMILES string of the molecule is CN(CCOc1cccc(CNC(=O)c2ccc(Cl)cc2Cl)c1)C1CCOCC1. The van der Waals surface area contributed by atoms with E-state index in [9.17, 15) is 4.79 Å². The van der Waals surface area contributed by atoms with Crippen LogP contribution in [0.3, 0.4) is 0 Å². The molecule has 5 nitrogen and oxygen atoms in total. The summed E-state index contributed by atoms with van der Waals surface area (Å²) in [6.07, 6.45) is 2.15. The number of nitrogens with zero attached hydrogens (tertiary/aromatic N) is 1. The number of likely N-dealkylation sites (N-methyl/N-ethyl adjacent to an activating group) is 1. The first-order valence-electron chi connectivity index (χ1n) is 9.76. The van der Waals surface area contributed by atoms with E-state index in [-0.39, 0.29) is 5.91 Å². The zero-order chi connectivity index (χ0) is 20.6. The smallest absolute Gasteiger partial charge is 0.253 e. The second kappa shape index (κ2) is 10.8. The number of amides is 1. The summed E-state index contributed by atoms with van der Waals surface area (Å²) < 4.78 is 11.3. The van der Waals surface area contributed by atoms with Crippen molar-refractivity contribution in [3.05, 3.63) is 63.6 Å². The van der Waals surface area contributed by atoms with Gasteiger partial charge in [0.05, 0.1) is 10.6 Å². The number of carbonyl (C=O) groups excluding carboxylic acids is 1. The van der Waals surface area contributed by atoms with Crippen molar-refractivity contribution >= 4 is 29.1 Å². The van der Waals surface area contributed by atoms with E-state index in [1.807, 2.05) is 24.3 Å². The molecule has 1 aliphatic rings. The number of halogens is 2. The summed E-state index contributed by atoms with van der Waals surface area (Å²) in [6.45, 7) is 3.54. The number of hydrogen-bond acceptors (Lipinski definition) is 4. The Balaban J connectivity index is 1.47. The van der Waals surface area contributed by atoms with Crippen LogP contribution in [0, 0.1) is 0 Å². The number of rotatable bonds is 8. The van der Waals surface area contributed by atoms with Crippen LogP contribution in [0.5, 0.6) is 5.75 Å². The molecule has 156 valence electrons. The maximum absolute atomic E-state index is 12.3. The predicted octanol–water partition coefficient (Wildman–Crippen LogP) is 4.41. The maximum Gasteiger partial charge on any atom is 0.253 e. The molecule has 1 amide bonds. The predicted molar refractivity (Wildman–Crippen MR) is 116 cm³/mol. The van der Waals surface area contributed by atoms with E-state index in [0.717, 1.165) is 43.9 Å². The number of ether oxygens (including phenoxy) is 2. The highest BCUT2D eigenvalue weighted by atomic mass is 35.5. The van der Waals surface area contributed by atoms with Crippen LogP contribution in [0.25, 0.3) is 0 Å². The summed E-state index contributed by atoms with van der Waals surface area (Å²) in [5, 5.41) is 3.71. The van der Waals surface area contributed by atoms with Crippen molar-refractivity contribution in [2.75, 3.05) is 33.4 Å². The first-order chi connectivity index (χ1) is 14.0. The van der Waals surface area contributed by atoms with Gasteiger partial charge in [0.15, 0.2) is 0 Å². The molecule has 1 fully saturated rings. The third kappa shape index (κ3) is 6.61. The Morgan fingerprint density at radius 3 is 2.76 bits per heavy atom. The fourth-order valence-corrected chi connectivity index (χ4v) is 3.81. The van der Waals surface area contributed by atoms with Crippen LogP contribution in [0.2, 0.25) is 10.0 Å². The van der Waals surface area contributed by atoms with Crippen LogP contribution in [0.1, 0.15) is 28.8 Å². The Hall–Kier alpha value is -1.79. The van der Waals surface area contributed by atoms with Crippen molar-refractivity contribution in [3.63, 3.8) is 0 Å².